The highest BCUT2D eigenvalue weighted by atomic mass is 16.5. The number of piperidine rings is 1. The normalized spacial score (nSPS) is 19.7. The molecule has 1 aromatic carbocycles. The summed E-state index contributed by atoms with van der Waals surface area (Å²) in [5, 5.41) is 2.15. The SMILES string of the molecule is O=CCCCOc1ccc2c(c1)C(=O)N(C1CCC(=O)NC1=O)C2=O. The highest BCUT2D eigenvalue weighted by Crippen LogP contribution is 2.30. The van der Waals surface area contributed by atoms with Gasteiger partial charge in [-0.05, 0) is 31.0 Å². The number of hydrogen-bond acceptors (Lipinski definition) is 6. The molecule has 1 aromatic rings. The summed E-state index contributed by atoms with van der Waals surface area (Å²) in [7, 11) is 0. The van der Waals surface area contributed by atoms with Crippen molar-refractivity contribution < 1.29 is 28.7 Å². The monoisotopic (exact) mass is 344 g/mol. The third-order valence-electron chi connectivity index (χ3n) is 4.15. The fourth-order valence-corrected chi connectivity index (χ4v) is 2.90. The predicted molar refractivity (Wildman–Crippen MR) is 83.9 cm³/mol. The van der Waals surface area contributed by atoms with E-state index in [0.29, 0.717) is 25.2 Å². The summed E-state index contributed by atoms with van der Waals surface area (Å²) in [6.07, 6.45) is 1.92. The second-order valence-corrected chi connectivity index (χ2v) is 5.81. The molecule has 0 saturated carbocycles. The minimum atomic E-state index is -0.984. The van der Waals surface area contributed by atoms with Crippen molar-refractivity contribution in [2.45, 2.75) is 31.7 Å². The first kappa shape index (κ1) is 16.8. The zero-order valence-electron chi connectivity index (χ0n) is 13.3. The molecule has 0 radical (unpaired) electrons. The Morgan fingerprint density at radius 3 is 2.64 bits per heavy atom. The molecule has 0 spiro atoms. The number of unbranched alkanes of at least 4 members (excludes halogenated alkanes) is 1. The van der Waals surface area contributed by atoms with E-state index >= 15 is 0 Å². The Kier molecular flexibility index (Phi) is 4.60. The van der Waals surface area contributed by atoms with Gasteiger partial charge in [-0.2, -0.15) is 0 Å². The van der Waals surface area contributed by atoms with E-state index in [2.05, 4.69) is 5.32 Å². The van der Waals surface area contributed by atoms with Gasteiger partial charge in [0.25, 0.3) is 11.8 Å². The van der Waals surface area contributed by atoms with E-state index in [-0.39, 0.29) is 24.0 Å². The summed E-state index contributed by atoms with van der Waals surface area (Å²) in [5.41, 5.74) is 0.373. The summed E-state index contributed by atoms with van der Waals surface area (Å²) in [4.78, 5) is 59.5. The fraction of sp³-hybridized carbons (Fsp3) is 0.353. The maximum absolute atomic E-state index is 12.6. The van der Waals surface area contributed by atoms with Crippen LogP contribution in [0.25, 0.3) is 0 Å². The Morgan fingerprint density at radius 1 is 1.16 bits per heavy atom. The molecule has 25 heavy (non-hydrogen) atoms. The van der Waals surface area contributed by atoms with Crippen LogP contribution in [0.5, 0.6) is 5.75 Å². The van der Waals surface area contributed by atoms with Gasteiger partial charge in [-0.3, -0.25) is 29.4 Å². The van der Waals surface area contributed by atoms with E-state index in [1.807, 2.05) is 0 Å². The lowest BCUT2D eigenvalue weighted by atomic mass is 10.0. The van der Waals surface area contributed by atoms with Crippen LogP contribution < -0.4 is 10.1 Å². The van der Waals surface area contributed by atoms with Gasteiger partial charge >= 0.3 is 0 Å². The van der Waals surface area contributed by atoms with Crippen molar-refractivity contribution in [2.75, 3.05) is 6.61 Å². The van der Waals surface area contributed by atoms with Crippen molar-refractivity contribution >= 4 is 29.9 Å². The molecule has 1 unspecified atom stereocenters. The largest absolute Gasteiger partial charge is 0.494 e. The van der Waals surface area contributed by atoms with Crippen molar-refractivity contribution in [1.29, 1.82) is 0 Å². The Hall–Kier alpha value is -3.03. The molecule has 3 rings (SSSR count). The number of aldehydes is 1. The number of fused-ring (bicyclic) bond motifs is 1. The van der Waals surface area contributed by atoms with Crippen molar-refractivity contribution in [1.82, 2.24) is 10.2 Å². The van der Waals surface area contributed by atoms with Crippen LogP contribution in [0.2, 0.25) is 0 Å². The topological polar surface area (TPSA) is 110 Å². The van der Waals surface area contributed by atoms with Crippen LogP contribution >= 0.6 is 0 Å². The number of carbonyl (C=O) groups excluding carboxylic acids is 5. The van der Waals surface area contributed by atoms with Gasteiger partial charge in [-0.25, -0.2) is 0 Å². The number of amides is 4. The highest BCUT2D eigenvalue weighted by molar-refractivity contribution is 6.23. The van der Waals surface area contributed by atoms with Gasteiger partial charge in [-0.15, -0.1) is 0 Å². The lowest BCUT2D eigenvalue weighted by Gasteiger charge is -2.27. The van der Waals surface area contributed by atoms with Crippen molar-refractivity contribution in [2.24, 2.45) is 0 Å². The molecule has 0 aliphatic carbocycles. The standard InChI is InChI=1S/C17H16N2O6/c20-7-1-2-8-25-10-3-4-11-12(9-10)17(24)19(16(11)23)13-5-6-14(21)18-15(13)22/h3-4,7,9,13H,1-2,5-6,8H2,(H,18,21,22). The van der Waals surface area contributed by atoms with E-state index in [0.717, 1.165) is 11.2 Å². The number of nitrogens with one attached hydrogen (secondary N) is 1. The molecule has 1 fully saturated rings. The minimum absolute atomic E-state index is 0.0783. The van der Waals surface area contributed by atoms with Crippen LogP contribution in [0.15, 0.2) is 18.2 Å². The van der Waals surface area contributed by atoms with Gasteiger partial charge in [-0.1, -0.05) is 0 Å². The van der Waals surface area contributed by atoms with E-state index in [1.165, 1.54) is 12.1 Å². The van der Waals surface area contributed by atoms with Crippen LogP contribution in [-0.4, -0.2) is 47.5 Å². The van der Waals surface area contributed by atoms with Crippen LogP contribution in [0.3, 0.4) is 0 Å². The number of carbonyl (C=O) groups is 5. The second-order valence-electron chi connectivity index (χ2n) is 5.81. The second kappa shape index (κ2) is 6.84. The number of benzene rings is 1. The Bertz CT molecular complexity index is 772. The molecule has 1 atom stereocenters. The van der Waals surface area contributed by atoms with Crippen LogP contribution in [0, 0.1) is 0 Å². The lowest BCUT2D eigenvalue weighted by molar-refractivity contribution is -0.136. The Labute approximate surface area is 143 Å². The first-order valence-corrected chi connectivity index (χ1v) is 7.95. The zero-order valence-corrected chi connectivity index (χ0v) is 13.3. The first-order valence-electron chi connectivity index (χ1n) is 7.95. The third kappa shape index (κ3) is 3.15. The molecule has 2 aliphatic heterocycles. The maximum atomic E-state index is 12.6. The molecule has 0 bridgehead atoms. The third-order valence-corrected chi connectivity index (χ3v) is 4.15. The molecule has 4 amide bonds. The molecular formula is C17H16N2O6. The smallest absolute Gasteiger partial charge is 0.262 e. The highest BCUT2D eigenvalue weighted by Gasteiger charge is 2.44. The van der Waals surface area contributed by atoms with Gasteiger partial charge in [0.15, 0.2) is 0 Å². The number of rotatable bonds is 6. The molecule has 8 heteroatoms. The van der Waals surface area contributed by atoms with Gasteiger partial charge in [0.2, 0.25) is 11.8 Å². The molecular weight excluding hydrogens is 328 g/mol. The van der Waals surface area contributed by atoms with Crippen LogP contribution in [0.4, 0.5) is 0 Å². The summed E-state index contributed by atoms with van der Waals surface area (Å²) in [6.45, 7) is 0.316. The van der Waals surface area contributed by atoms with E-state index in [1.54, 1.807) is 6.07 Å². The van der Waals surface area contributed by atoms with Gasteiger partial charge in [0.05, 0.1) is 17.7 Å². The maximum Gasteiger partial charge on any atom is 0.262 e. The van der Waals surface area contributed by atoms with Crippen molar-refractivity contribution in [3.05, 3.63) is 29.3 Å². The van der Waals surface area contributed by atoms with E-state index in [9.17, 15) is 24.0 Å². The fourth-order valence-electron chi connectivity index (χ4n) is 2.90. The van der Waals surface area contributed by atoms with Gasteiger partial charge < -0.3 is 9.53 Å². The molecule has 1 N–H and O–H groups in total. The van der Waals surface area contributed by atoms with Crippen molar-refractivity contribution in [3.8, 4) is 5.75 Å². The van der Waals surface area contributed by atoms with Crippen LogP contribution in [-0.2, 0) is 14.4 Å². The summed E-state index contributed by atoms with van der Waals surface area (Å²) in [6, 6.07) is 3.53. The van der Waals surface area contributed by atoms with E-state index < -0.39 is 29.7 Å². The molecule has 0 aromatic heterocycles. The number of ether oxygens (including phenoxy) is 1. The number of nitrogens with zero attached hydrogens (tertiary/aromatic N) is 1. The first-order chi connectivity index (χ1) is 12.0. The Morgan fingerprint density at radius 2 is 1.92 bits per heavy atom. The minimum Gasteiger partial charge on any atom is -0.494 e. The summed E-state index contributed by atoms with van der Waals surface area (Å²) in [5.74, 6) is -1.77. The summed E-state index contributed by atoms with van der Waals surface area (Å²) < 4.78 is 5.47. The van der Waals surface area contributed by atoms with E-state index in [4.69, 9.17) is 4.74 Å². The molecule has 2 heterocycles. The van der Waals surface area contributed by atoms with Gasteiger partial charge in [0.1, 0.15) is 18.1 Å². The van der Waals surface area contributed by atoms with Crippen LogP contribution in [0.1, 0.15) is 46.4 Å². The molecule has 130 valence electrons. The zero-order chi connectivity index (χ0) is 18.0. The quantitative estimate of drug-likeness (QED) is 0.456. The average Bonchev–Trinajstić information content (AvgIpc) is 2.83. The molecule has 2 aliphatic rings. The van der Waals surface area contributed by atoms with Gasteiger partial charge in [0, 0.05) is 12.8 Å². The number of hydrogen-bond donors (Lipinski definition) is 1. The lowest BCUT2D eigenvalue weighted by Crippen LogP contribution is -2.54. The summed E-state index contributed by atoms with van der Waals surface area (Å²) >= 11 is 0. The predicted octanol–water partition coefficient (Wildman–Crippen LogP) is 0.446. The average molecular weight is 344 g/mol. The van der Waals surface area contributed by atoms with Crippen molar-refractivity contribution in [3.63, 3.8) is 0 Å². The number of imide groups is 2. The molecule has 1 saturated heterocycles. The Balaban J connectivity index is 1.78. The molecule has 8 nitrogen and oxygen atoms in total.